The molecule has 0 radical (unpaired) electrons. The van der Waals surface area contributed by atoms with Gasteiger partial charge in [-0.25, -0.2) is 9.78 Å². The van der Waals surface area contributed by atoms with Crippen LogP contribution in [0, 0.1) is 5.92 Å². The fourth-order valence-electron chi connectivity index (χ4n) is 4.40. The van der Waals surface area contributed by atoms with Crippen molar-refractivity contribution >= 4 is 17.0 Å². The van der Waals surface area contributed by atoms with Crippen molar-refractivity contribution < 1.29 is 9.90 Å². The molecule has 0 spiro atoms. The van der Waals surface area contributed by atoms with Crippen molar-refractivity contribution in [3.63, 3.8) is 0 Å². The molecule has 0 bridgehead atoms. The molecule has 0 saturated carbocycles. The SMILES string of the molecule is CCn1c(CN2CCCC(Cc3ccccc3)C2)nc2cc(C(=O)O)ccc21. The molecule has 1 atom stereocenters. The highest BCUT2D eigenvalue weighted by molar-refractivity contribution is 5.92. The maximum absolute atomic E-state index is 11.3. The molecular weight excluding hydrogens is 350 g/mol. The Balaban J connectivity index is 1.51. The molecule has 3 aromatic rings. The molecule has 1 saturated heterocycles. The number of hydrogen-bond acceptors (Lipinski definition) is 3. The van der Waals surface area contributed by atoms with E-state index in [1.807, 2.05) is 6.07 Å². The normalized spacial score (nSPS) is 17.8. The van der Waals surface area contributed by atoms with Gasteiger partial charge in [0.25, 0.3) is 0 Å². The number of benzene rings is 2. The second-order valence-electron chi connectivity index (χ2n) is 7.71. The Morgan fingerprint density at radius 3 is 2.79 bits per heavy atom. The smallest absolute Gasteiger partial charge is 0.335 e. The summed E-state index contributed by atoms with van der Waals surface area (Å²) in [5.74, 6) is 0.795. The molecule has 1 aliphatic heterocycles. The molecule has 5 heteroatoms. The van der Waals surface area contributed by atoms with Crippen molar-refractivity contribution in [3.05, 3.63) is 65.5 Å². The zero-order valence-corrected chi connectivity index (χ0v) is 16.3. The molecule has 5 nitrogen and oxygen atoms in total. The monoisotopic (exact) mass is 377 g/mol. The van der Waals surface area contributed by atoms with Gasteiger partial charge in [0.2, 0.25) is 0 Å². The molecule has 2 aromatic carbocycles. The molecule has 0 amide bonds. The van der Waals surface area contributed by atoms with E-state index in [4.69, 9.17) is 4.98 Å². The quantitative estimate of drug-likeness (QED) is 0.699. The van der Waals surface area contributed by atoms with Crippen LogP contribution in [0.4, 0.5) is 0 Å². The van der Waals surface area contributed by atoms with Gasteiger partial charge in [0.15, 0.2) is 0 Å². The van der Waals surface area contributed by atoms with E-state index in [0.29, 0.717) is 11.5 Å². The van der Waals surface area contributed by atoms with Crippen molar-refractivity contribution in [1.82, 2.24) is 14.5 Å². The van der Waals surface area contributed by atoms with Gasteiger partial charge >= 0.3 is 5.97 Å². The summed E-state index contributed by atoms with van der Waals surface area (Å²) in [5.41, 5.74) is 3.49. The summed E-state index contributed by atoms with van der Waals surface area (Å²) in [7, 11) is 0. The number of imidazole rings is 1. The Hall–Kier alpha value is -2.66. The van der Waals surface area contributed by atoms with E-state index in [2.05, 4.69) is 46.7 Å². The van der Waals surface area contributed by atoms with Gasteiger partial charge < -0.3 is 9.67 Å². The van der Waals surface area contributed by atoms with Crippen LogP contribution in [0.2, 0.25) is 0 Å². The highest BCUT2D eigenvalue weighted by atomic mass is 16.4. The maximum Gasteiger partial charge on any atom is 0.335 e. The fraction of sp³-hybridized carbons (Fsp3) is 0.391. The molecule has 2 heterocycles. The highest BCUT2D eigenvalue weighted by Gasteiger charge is 2.22. The number of carboxylic acids is 1. The first-order valence-corrected chi connectivity index (χ1v) is 10.1. The molecule has 4 rings (SSSR count). The van der Waals surface area contributed by atoms with Crippen LogP contribution >= 0.6 is 0 Å². The number of rotatable bonds is 6. The van der Waals surface area contributed by atoms with Gasteiger partial charge in [0.05, 0.1) is 23.1 Å². The minimum atomic E-state index is -0.908. The predicted octanol–water partition coefficient (Wildman–Crippen LogP) is 4.21. The van der Waals surface area contributed by atoms with Gasteiger partial charge in [-0.2, -0.15) is 0 Å². The van der Waals surface area contributed by atoms with E-state index >= 15 is 0 Å². The Morgan fingerprint density at radius 2 is 2.04 bits per heavy atom. The first-order valence-electron chi connectivity index (χ1n) is 10.1. The van der Waals surface area contributed by atoms with Crippen LogP contribution in [-0.2, 0) is 19.5 Å². The zero-order valence-electron chi connectivity index (χ0n) is 16.3. The van der Waals surface area contributed by atoms with Crippen LogP contribution in [0.25, 0.3) is 11.0 Å². The van der Waals surface area contributed by atoms with E-state index in [1.54, 1.807) is 12.1 Å². The van der Waals surface area contributed by atoms with Gasteiger partial charge in [-0.1, -0.05) is 30.3 Å². The summed E-state index contributed by atoms with van der Waals surface area (Å²) in [5, 5.41) is 9.25. The van der Waals surface area contributed by atoms with Gasteiger partial charge in [0.1, 0.15) is 5.82 Å². The predicted molar refractivity (Wildman–Crippen MR) is 111 cm³/mol. The first-order chi connectivity index (χ1) is 13.6. The molecule has 1 fully saturated rings. The molecule has 1 aromatic heterocycles. The third-order valence-corrected chi connectivity index (χ3v) is 5.73. The van der Waals surface area contributed by atoms with Crippen molar-refractivity contribution in [2.24, 2.45) is 5.92 Å². The molecule has 146 valence electrons. The van der Waals surface area contributed by atoms with Crippen LogP contribution < -0.4 is 0 Å². The Morgan fingerprint density at radius 1 is 1.21 bits per heavy atom. The lowest BCUT2D eigenvalue weighted by Crippen LogP contribution is -2.36. The number of piperidine rings is 1. The lowest BCUT2D eigenvalue weighted by Gasteiger charge is -2.32. The summed E-state index contributed by atoms with van der Waals surface area (Å²) >= 11 is 0. The second kappa shape index (κ2) is 8.15. The maximum atomic E-state index is 11.3. The lowest BCUT2D eigenvalue weighted by molar-refractivity contribution is 0.0697. The summed E-state index contributed by atoms with van der Waals surface area (Å²) < 4.78 is 2.21. The summed E-state index contributed by atoms with van der Waals surface area (Å²) in [6, 6.07) is 16.0. The second-order valence-corrected chi connectivity index (χ2v) is 7.71. The number of carboxylic acid groups (broad SMARTS) is 1. The van der Waals surface area contributed by atoms with E-state index in [1.165, 1.54) is 18.4 Å². The molecule has 28 heavy (non-hydrogen) atoms. The van der Waals surface area contributed by atoms with Gasteiger partial charge in [-0.05, 0) is 62.4 Å². The number of fused-ring (bicyclic) bond motifs is 1. The number of hydrogen-bond donors (Lipinski definition) is 1. The standard InChI is InChI=1S/C23H27N3O2/c1-2-26-21-11-10-19(23(27)28)14-20(21)24-22(26)16-25-12-6-9-18(15-25)13-17-7-4-3-5-8-17/h3-5,7-8,10-11,14,18H,2,6,9,12-13,15-16H2,1H3,(H,27,28). The van der Waals surface area contributed by atoms with E-state index in [0.717, 1.165) is 49.5 Å². The van der Waals surface area contributed by atoms with Crippen LogP contribution in [0.3, 0.4) is 0 Å². The fourth-order valence-corrected chi connectivity index (χ4v) is 4.40. The van der Waals surface area contributed by atoms with Crippen LogP contribution in [0.5, 0.6) is 0 Å². The summed E-state index contributed by atoms with van der Waals surface area (Å²) in [6.45, 7) is 5.95. The highest BCUT2D eigenvalue weighted by Crippen LogP contribution is 2.24. The van der Waals surface area contributed by atoms with Crippen molar-refractivity contribution in [2.45, 2.75) is 39.3 Å². The number of aromatic nitrogens is 2. The zero-order chi connectivity index (χ0) is 19.5. The van der Waals surface area contributed by atoms with Crippen LogP contribution in [0.1, 0.15) is 41.5 Å². The molecular formula is C23H27N3O2. The molecule has 0 aliphatic carbocycles. The summed E-state index contributed by atoms with van der Waals surface area (Å²) in [6.07, 6.45) is 3.62. The number of nitrogens with zero attached hydrogens (tertiary/aromatic N) is 3. The lowest BCUT2D eigenvalue weighted by atomic mass is 9.91. The third kappa shape index (κ3) is 3.94. The average molecular weight is 377 g/mol. The number of aryl methyl sites for hydroxylation is 1. The number of likely N-dealkylation sites (tertiary alicyclic amines) is 1. The number of carbonyl (C=O) groups is 1. The largest absolute Gasteiger partial charge is 0.478 e. The van der Waals surface area contributed by atoms with Crippen LogP contribution in [0.15, 0.2) is 48.5 Å². The van der Waals surface area contributed by atoms with E-state index < -0.39 is 5.97 Å². The van der Waals surface area contributed by atoms with E-state index in [9.17, 15) is 9.90 Å². The Bertz CT molecular complexity index is 965. The molecule has 1 unspecified atom stereocenters. The first kappa shape index (κ1) is 18.7. The van der Waals surface area contributed by atoms with Gasteiger partial charge in [0, 0.05) is 13.1 Å². The Labute approximate surface area is 165 Å². The van der Waals surface area contributed by atoms with Gasteiger partial charge in [-0.3, -0.25) is 4.90 Å². The minimum absolute atomic E-state index is 0.292. The Kier molecular flexibility index (Phi) is 5.44. The van der Waals surface area contributed by atoms with Crippen molar-refractivity contribution in [2.75, 3.05) is 13.1 Å². The van der Waals surface area contributed by atoms with E-state index in [-0.39, 0.29) is 0 Å². The number of aromatic carboxylic acids is 1. The summed E-state index contributed by atoms with van der Waals surface area (Å²) in [4.78, 5) is 18.6. The van der Waals surface area contributed by atoms with Crippen molar-refractivity contribution in [1.29, 1.82) is 0 Å². The minimum Gasteiger partial charge on any atom is -0.478 e. The average Bonchev–Trinajstić information content (AvgIpc) is 3.05. The van der Waals surface area contributed by atoms with Crippen molar-refractivity contribution in [3.8, 4) is 0 Å². The van der Waals surface area contributed by atoms with Gasteiger partial charge in [-0.15, -0.1) is 0 Å². The molecule has 1 N–H and O–H groups in total. The topological polar surface area (TPSA) is 58.4 Å². The third-order valence-electron chi connectivity index (χ3n) is 5.73. The molecule has 1 aliphatic rings. The van der Waals surface area contributed by atoms with Crippen LogP contribution in [-0.4, -0.2) is 38.6 Å².